The third-order valence-electron chi connectivity index (χ3n) is 5.66. The molecule has 166 valence electrons. The summed E-state index contributed by atoms with van der Waals surface area (Å²) in [6.07, 6.45) is 2.05. The van der Waals surface area contributed by atoms with Crippen molar-refractivity contribution >= 4 is 21.6 Å². The number of aromatic nitrogens is 2. The maximum absolute atomic E-state index is 13.3. The molecule has 8 heteroatoms. The summed E-state index contributed by atoms with van der Waals surface area (Å²) in [6, 6.07) is 24.2. The summed E-state index contributed by atoms with van der Waals surface area (Å²) in [7, 11) is -2.22. The van der Waals surface area contributed by atoms with Gasteiger partial charge in [0, 0.05) is 36.6 Å². The Morgan fingerprint density at radius 2 is 1.70 bits per heavy atom. The summed E-state index contributed by atoms with van der Waals surface area (Å²) in [6.45, 7) is 0.146. The second-order valence-electron chi connectivity index (χ2n) is 7.95. The maximum Gasteiger partial charge on any atom is 0.243 e. The average molecular weight is 459 g/mol. The van der Waals surface area contributed by atoms with Crippen molar-refractivity contribution in [2.75, 3.05) is 12.4 Å². The number of hydrogen-bond donors (Lipinski definition) is 1. The van der Waals surface area contributed by atoms with Gasteiger partial charge in [-0.3, -0.25) is 4.79 Å². The van der Waals surface area contributed by atoms with Gasteiger partial charge in [-0.1, -0.05) is 48.5 Å². The Bertz CT molecular complexity index is 1430. The zero-order chi connectivity index (χ0) is 23.0. The topological polar surface area (TPSA) is 84.3 Å². The van der Waals surface area contributed by atoms with Gasteiger partial charge in [0.2, 0.25) is 15.9 Å². The van der Waals surface area contributed by atoms with Crippen LogP contribution in [-0.4, -0.2) is 35.5 Å². The Morgan fingerprint density at radius 1 is 1.00 bits per heavy atom. The molecule has 5 rings (SSSR count). The highest BCUT2D eigenvalue weighted by atomic mass is 32.2. The second kappa shape index (κ2) is 8.31. The standard InChI is InChI=1S/C25H22N4O3S/c1-28(33(31,32)22-12-13-23-19(14-22)15-24(30)26-23)16-20-17-29(21-10-6-3-7-11-21)27-25(20)18-8-4-2-5-9-18/h2-14,17H,15-16H2,1H3,(H,26,30). The van der Waals surface area contributed by atoms with Crippen molar-refractivity contribution in [2.45, 2.75) is 17.9 Å². The zero-order valence-corrected chi connectivity index (χ0v) is 18.8. The molecule has 0 aliphatic carbocycles. The van der Waals surface area contributed by atoms with Crippen molar-refractivity contribution in [3.8, 4) is 16.9 Å². The molecule has 0 unspecified atom stereocenters. The van der Waals surface area contributed by atoms with Gasteiger partial charge in [0.1, 0.15) is 0 Å². The first kappa shape index (κ1) is 21.1. The van der Waals surface area contributed by atoms with Gasteiger partial charge in [0.15, 0.2) is 0 Å². The molecule has 0 saturated heterocycles. The van der Waals surface area contributed by atoms with Gasteiger partial charge in [-0.15, -0.1) is 0 Å². The highest BCUT2D eigenvalue weighted by Gasteiger charge is 2.26. The molecule has 33 heavy (non-hydrogen) atoms. The Balaban J connectivity index is 1.50. The molecule has 1 N–H and O–H groups in total. The molecule has 1 amide bonds. The molecule has 3 aromatic carbocycles. The molecule has 7 nitrogen and oxygen atoms in total. The molecule has 1 aliphatic rings. The van der Waals surface area contributed by atoms with Crippen molar-refractivity contribution in [1.82, 2.24) is 14.1 Å². The van der Waals surface area contributed by atoms with Crippen LogP contribution in [0.1, 0.15) is 11.1 Å². The van der Waals surface area contributed by atoms with Gasteiger partial charge in [-0.05, 0) is 35.9 Å². The number of hydrogen-bond acceptors (Lipinski definition) is 4. The number of carbonyl (C=O) groups excluding carboxylic acids is 1. The van der Waals surface area contributed by atoms with Gasteiger partial charge in [-0.2, -0.15) is 9.40 Å². The van der Waals surface area contributed by atoms with Crippen LogP contribution in [-0.2, 0) is 27.8 Å². The van der Waals surface area contributed by atoms with E-state index in [9.17, 15) is 13.2 Å². The number of sulfonamides is 1. The van der Waals surface area contributed by atoms with Gasteiger partial charge in [-0.25, -0.2) is 13.1 Å². The second-order valence-corrected chi connectivity index (χ2v) is 10.00. The molecule has 0 radical (unpaired) electrons. The summed E-state index contributed by atoms with van der Waals surface area (Å²) in [5.41, 5.74) is 4.67. The molecule has 0 bridgehead atoms. The monoisotopic (exact) mass is 458 g/mol. The van der Waals surface area contributed by atoms with E-state index in [1.54, 1.807) is 23.9 Å². The lowest BCUT2D eigenvalue weighted by molar-refractivity contribution is -0.115. The Morgan fingerprint density at radius 3 is 2.42 bits per heavy atom. The van der Waals surface area contributed by atoms with E-state index in [2.05, 4.69) is 5.32 Å². The predicted molar refractivity (Wildman–Crippen MR) is 126 cm³/mol. The van der Waals surface area contributed by atoms with E-state index in [0.717, 1.165) is 22.5 Å². The van der Waals surface area contributed by atoms with Crippen LogP contribution in [0.25, 0.3) is 16.9 Å². The van der Waals surface area contributed by atoms with Crippen molar-refractivity contribution < 1.29 is 13.2 Å². The molecular weight excluding hydrogens is 436 g/mol. The number of rotatable bonds is 6. The lowest BCUT2D eigenvalue weighted by atomic mass is 10.1. The van der Waals surface area contributed by atoms with Crippen LogP contribution in [0.4, 0.5) is 5.69 Å². The molecule has 1 aromatic heterocycles. The summed E-state index contributed by atoms with van der Waals surface area (Å²) >= 11 is 0. The third-order valence-corrected chi connectivity index (χ3v) is 7.46. The number of para-hydroxylation sites is 1. The fraction of sp³-hybridized carbons (Fsp3) is 0.120. The van der Waals surface area contributed by atoms with Gasteiger partial charge < -0.3 is 5.32 Å². The maximum atomic E-state index is 13.3. The van der Waals surface area contributed by atoms with Crippen LogP contribution < -0.4 is 5.32 Å². The molecule has 0 spiro atoms. The Kier molecular flexibility index (Phi) is 5.32. The van der Waals surface area contributed by atoms with Crippen LogP contribution >= 0.6 is 0 Å². The number of nitrogens with zero attached hydrogens (tertiary/aromatic N) is 3. The molecule has 0 saturated carbocycles. The number of nitrogens with one attached hydrogen (secondary N) is 1. The van der Waals surface area contributed by atoms with Crippen LogP contribution in [0.15, 0.2) is 90.0 Å². The molecule has 4 aromatic rings. The van der Waals surface area contributed by atoms with Gasteiger partial charge in [0.05, 0.1) is 22.7 Å². The predicted octanol–water partition coefficient (Wildman–Crippen LogP) is 3.85. The fourth-order valence-corrected chi connectivity index (χ4v) is 5.15. The number of carbonyl (C=O) groups is 1. The van der Waals surface area contributed by atoms with E-state index in [1.165, 1.54) is 10.4 Å². The molecule has 0 fully saturated rings. The smallest absolute Gasteiger partial charge is 0.243 e. The minimum atomic E-state index is -3.77. The number of fused-ring (bicyclic) bond motifs is 1. The van der Waals surface area contributed by atoms with E-state index >= 15 is 0 Å². The van der Waals surface area contributed by atoms with Crippen molar-refractivity contribution in [2.24, 2.45) is 0 Å². The molecule has 0 atom stereocenters. The Labute approximate surface area is 192 Å². The first-order valence-corrected chi connectivity index (χ1v) is 11.9. The van der Waals surface area contributed by atoms with E-state index in [4.69, 9.17) is 5.10 Å². The lowest BCUT2D eigenvalue weighted by Gasteiger charge is -2.17. The van der Waals surface area contributed by atoms with Gasteiger partial charge >= 0.3 is 0 Å². The zero-order valence-electron chi connectivity index (χ0n) is 18.0. The van der Waals surface area contributed by atoms with Crippen LogP contribution in [0.3, 0.4) is 0 Å². The number of benzene rings is 3. The third kappa shape index (κ3) is 4.06. The van der Waals surface area contributed by atoms with Gasteiger partial charge in [0.25, 0.3) is 0 Å². The Hall–Kier alpha value is -3.75. The van der Waals surface area contributed by atoms with Crippen molar-refractivity contribution in [1.29, 1.82) is 0 Å². The fourth-order valence-electron chi connectivity index (χ4n) is 3.95. The normalized spacial score (nSPS) is 13.2. The SMILES string of the molecule is CN(Cc1cn(-c2ccccc2)nc1-c1ccccc1)S(=O)(=O)c1ccc2c(c1)CC(=O)N2. The summed E-state index contributed by atoms with van der Waals surface area (Å²) in [5.74, 6) is -0.131. The average Bonchev–Trinajstić information content (AvgIpc) is 3.42. The van der Waals surface area contributed by atoms with Crippen LogP contribution in [0, 0.1) is 0 Å². The summed E-state index contributed by atoms with van der Waals surface area (Å²) < 4.78 is 29.8. The molecule has 2 heterocycles. The van der Waals surface area contributed by atoms with E-state index < -0.39 is 10.0 Å². The van der Waals surface area contributed by atoms with Crippen molar-refractivity contribution in [3.63, 3.8) is 0 Å². The summed E-state index contributed by atoms with van der Waals surface area (Å²) in [5, 5.41) is 7.49. The minimum absolute atomic E-state index is 0.131. The lowest BCUT2D eigenvalue weighted by Crippen LogP contribution is -2.26. The van der Waals surface area contributed by atoms with E-state index in [0.29, 0.717) is 11.3 Å². The number of anilines is 1. The van der Waals surface area contributed by atoms with E-state index in [1.807, 2.05) is 66.9 Å². The van der Waals surface area contributed by atoms with Crippen molar-refractivity contribution in [3.05, 3.63) is 96.2 Å². The van der Waals surface area contributed by atoms with Crippen LogP contribution in [0.5, 0.6) is 0 Å². The summed E-state index contributed by atoms with van der Waals surface area (Å²) in [4.78, 5) is 11.8. The largest absolute Gasteiger partial charge is 0.326 e. The first-order valence-electron chi connectivity index (χ1n) is 10.5. The quantitative estimate of drug-likeness (QED) is 0.476. The highest BCUT2D eigenvalue weighted by molar-refractivity contribution is 7.89. The van der Waals surface area contributed by atoms with E-state index in [-0.39, 0.29) is 23.8 Å². The molecular formula is C25H22N4O3S. The van der Waals surface area contributed by atoms with Crippen LogP contribution in [0.2, 0.25) is 0 Å². The minimum Gasteiger partial charge on any atom is -0.326 e. The molecule has 1 aliphatic heterocycles. The number of amides is 1. The highest BCUT2D eigenvalue weighted by Crippen LogP contribution is 2.29. The first-order chi connectivity index (χ1) is 15.9.